The molecule has 2 saturated heterocycles. The molecule has 0 radical (unpaired) electrons. The van der Waals surface area contributed by atoms with Crippen molar-refractivity contribution in [2.24, 2.45) is 0 Å². The zero-order valence-corrected chi connectivity index (χ0v) is 20.3. The maximum absolute atomic E-state index is 15.0. The minimum atomic E-state index is -1.44. The van der Waals surface area contributed by atoms with Crippen LogP contribution in [0.4, 0.5) is 9.18 Å². The molecular weight excluding hydrogens is 471 g/mol. The van der Waals surface area contributed by atoms with Gasteiger partial charge in [-0.25, -0.2) is 9.18 Å². The monoisotopic (exact) mass is 498 g/mol. The highest BCUT2D eigenvalue weighted by Gasteiger charge is 2.50. The molecule has 3 aliphatic rings. The summed E-state index contributed by atoms with van der Waals surface area (Å²) in [6.45, 7) is 0.706. The van der Waals surface area contributed by atoms with Crippen molar-refractivity contribution in [1.82, 2.24) is 4.90 Å². The average molecular weight is 499 g/mol. The number of ether oxygens (including phenoxy) is 2. The van der Waals surface area contributed by atoms with E-state index in [0.717, 1.165) is 22.3 Å². The number of carbonyl (C=O) groups excluding carboxylic acids is 1. The molecule has 37 heavy (non-hydrogen) atoms. The van der Waals surface area contributed by atoms with Crippen LogP contribution < -0.4 is 0 Å². The van der Waals surface area contributed by atoms with Gasteiger partial charge in [0.2, 0.25) is 0 Å². The van der Waals surface area contributed by atoms with Crippen molar-refractivity contribution < 1.29 is 23.8 Å². The van der Waals surface area contributed by atoms with Gasteiger partial charge < -0.3 is 14.6 Å². The lowest BCUT2D eigenvalue weighted by atomic mass is 9.76. The Balaban J connectivity index is 1.20. The number of amides is 1. The Morgan fingerprint density at radius 2 is 1.68 bits per heavy atom. The van der Waals surface area contributed by atoms with Crippen LogP contribution in [0, 0.1) is 17.1 Å². The number of piperidine rings is 1. The molecule has 1 amide bonds. The number of aliphatic hydroxyl groups is 1. The topological polar surface area (TPSA) is 82.8 Å². The lowest BCUT2D eigenvalue weighted by Crippen LogP contribution is -2.62. The highest BCUT2D eigenvalue weighted by molar-refractivity contribution is 5.79. The number of morpholine rings is 1. The van der Waals surface area contributed by atoms with E-state index >= 15 is 0 Å². The number of benzene rings is 3. The van der Waals surface area contributed by atoms with Crippen molar-refractivity contribution in [2.45, 2.75) is 42.9 Å². The Morgan fingerprint density at radius 3 is 2.27 bits per heavy atom. The molecular formula is C30H27FN2O4. The standard InChI is InChI=1S/C30H27FN2O4/c31-28-13-19(11-12-32)9-10-27(28)30(35)14-20-16-36-17-21(15-30)33(20)29(34)37-18-26-24-7-3-1-5-22(24)23-6-2-4-8-25(23)26/h1-10,13,20-21,26,35H,11,14-18H2. The van der Waals surface area contributed by atoms with Gasteiger partial charge in [-0.2, -0.15) is 5.26 Å². The molecule has 2 aliphatic heterocycles. The summed E-state index contributed by atoms with van der Waals surface area (Å²) in [4.78, 5) is 15.1. The quantitative estimate of drug-likeness (QED) is 0.554. The van der Waals surface area contributed by atoms with E-state index in [1.54, 1.807) is 17.0 Å². The van der Waals surface area contributed by atoms with Crippen LogP contribution in [0.2, 0.25) is 0 Å². The molecule has 6 rings (SSSR count). The molecule has 2 atom stereocenters. The van der Waals surface area contributed by atoms with E-state index in [9.17, 15) is 14.3 Å². The second kappa shape index (κ2) is 9.29. The molecule has 1 aliphatic carbocycles. The first-order chi connectivity index (χ1) is 18.0. The van der Waals surface area contributed by atoms with Crippen LogP contribution in [-0.4, -0.2) is 48.0 Å². The smallest absolute Gasteiger partial charge is 0.410 e. The molecule has 3 aromatic carbocycles. The maximum atomic E-state index is 15.0. The lowest BCUT2D eigenvalue weighted by Gasteiger charge is -2.51. The van der Waals surface area contributed by atoms with Crippen LogP contribution in [0.15, 0.2) is 66.7 Å². The van der Waals surface area contributed by atoms with Gasteiger partial charge in [-0.15, -0.1) is 0 Å². The third kappa shape index (κ3) is 4.07. The second-order valence-electron chi connectivity index (χ2n) is 10.1. The van der Waals surface area contributed by atoms with Gasteiger partial charge in [0.15, 0.2) is 0 Å². The van der Waals surface area contributed by atoms with Gasteiger partial charge in [-0.3, -0.25) is 4.90 Å². The van der Waals surface area contributed by atoms with E-state index in [2.05, 4.69) is 24.3 Å². The predicted octanol–water partition coefficient (Wildman–Crippen LogP) is 4.89. The van der Waals surface area contributed by atoms with E-state index in [1.807, 2.05) is 30.3 Å². The number of nitrogens with zero attached hydrogens (tertiary/aromatic N) is 2. The molecule has 2 fully saturated rings. The van der Waals surface area contributed by atoms with Gasteiger partial charge in [-0.1, -0.05) is 60.7 Å². The first kappa shape index (κ1) is 23.7. The van der Waals surface area contributed by atoms with Crippen molar-refractivity contribution in [2.75, 3.05) is 19.8 Å². The molecule has 188 valence electrons. The average Bonchev–Trinajstić information content (AvgIpc) is 3.20. The summed E-state index contributed by atoms with van der Waals surface area (Å²) in [7, 11) is 0. The molecule has 2 unspecified atom stereocenters. The van der Waals surface area contributed by atoms with Crippen LogP contribution in [0.3, 0.4) is 0 Å². The van der Waals surface area contributed by atoms with E-state index in [0.29, 0.717) is 5.56 Å². The molecule has 1 N–H and O–H groups in total. The van der Waals surface area contributed by atoms with Crippen LogP contribution in [0.5, 0.6) is 0 Å². The van der Waals surface area contributed by atoms with Crippen molar-refractivity contribution in [3.63, 3.8) is 0 Å². The van der Waals surface area contributed by atoms with E-state index in [4.69, 9.17) is 14.7 Å². The Bertz CT molecular complexity index is 1340. The van der Waals surface area contributed by atoms with Crippen LogP contribution in [0.1, 0.15) is 41.0 Å². The SMILES string of the molecule is N#CCc1ccc(C2(O)CC3COCC(C2)N3C(=O)OCC2c3ccccc3-c3ccccc32)c(F)c1. The number of hydrogen-bond donors (Lipinski definition) is 1. The fourth-order valence-corrected chi connectivity index (χ4v) is 6.30. The van der Waals surface area contributed by atoms with Crippen molar-refractivity contribution in [3.8, 4) is 17.2 Å². The van der Waals surface area contributed by atoms with Crippen LogP contribution in [-0.2, 0) is 21.5 Å². The molecule has 3 aromatic rings. The minimum Gasteiger partial charge on any atom is -0.448 e. The van der Waals surface area contributed by atoms with Crippen molar-refractivity contribution in [3.05, 3.63) is 94.8 Å². The van der Waals surface area contributed by atoms with E-state index in [1.165, 1.54) is 6.07 Å². The highest BCUT2D eigenvalue weighted by atomic mass is 19.1. The van der Waals surface area contributed by atoms with Crippen molar-refractivity contribution >= 4 is 6.09 Å². The predicted molar refractivity (Wildman–Crippen MR) is 134 cm³/mol. The number of hydrogen-bond acceptors (Lipinski definition) is 5. The molecule has 0 aromatic heterocycles. The first-order valence-corrected chi connectivity index (χ1v) is 12.6. The molecule has 2 heterocycles. The molecule has 0 spiro atoms. The van der Waals surface area contributed by atoms with E-state index in [-0.39, 0.29) is 50.6 Å². The van der Waals surface area contributed by atoms with Gasteiger partial charge in [0.25, 0.3) is 0 Å². The van der Waals surface area contributed by atoms with Crippen molar-refractivity contribution in [1.29, 1.82) is 5.26 Å². The summed E-state index contributed by atoms with van der Waals surface area (Å²) >= 11 is 0. The zero-order chi connectivity index (χ0) is 25.6. The summed E-state index contributed by atoms with van der Waals surface area (Å²) in [6.07, 6.45) is -0.0543. The minimum absolute atomic E-state index is 0.0461. The fraction of sp³-hybridized carbons (Fsp3) is 0.333. The fourth-order valence-electron chi connectivity index (χ4n) is 6.30. The Hall–Kier alpha value is -3.73. The van der Waals surface area contributed by atoms with E-state index < -0.39 is 29.6 Å². The summed E-state index contributed by atoms with van der Waals surface area (Å²) < 4.78 is 26.6. The Kier molecular flexibility index (Phi) is 5.94. The van der Waals surface area contributed by atoms with Gasteiger partial charge >= 0.3 is 6.09 Å². The number of halogens is 1. The summed E-state index contributed by atoms with van der Waals surface area (Å²) in [5, 5.41) is 20.4. The molecule has 6 nitrogen and oxygen atoms in total. The van der Waals surface area contributed by atoms with Gasteiger partial charge in [0.1, 0.15) is 12.4 Å². The molecule has 2 bridgehead atoms. The van der Waals surface area contributed by atoms with Gasteiger partial charge in [-0.05, 0) is 33.9 Å². The normalized spacial score (nSPS) is 24.2. The first-order valence-electron chi connectivity index (χ1n) is 12.6. The number of rotatable bonds is 4. The second-order valence-corrected chi connectivity index (χ2v) is 10.1. The number of nitriles is 1. The van der Waals surface area contributed by atoms with Gasteiger partial charge in [0.05, 0.1) is 43.4 Å². The Labute approximate surface area is 214 Å². The number of fused-ring (bicyclic) bond motifs is 5. The van der Waals surface area contributed by atoms with Gasteiger partial charge in [0, 0.05) is 24.3 Å². The molecule has 0 saturated carbocycles. The van der Waals surface area contributed by atoms with Crippen LogP contribution in [0.25, 0.3) is 11.1 Å². The summed E-state index contributed by atoms with van der Waals surface area (Å²) in [5.74, 6) is -0.584. The third-order valence-electron chi connectivity index (χ3n) is 7.92. The largest absolute Gasteiger partial charge is 0.448 e. The number of carbonyl (C=O) groups is 1. The lowest BCUT2D eigenvalue weighted by molar-refractivity contribution is -0.137. The Morgan fingerprint density at radius 1 is 1.05 bits per heavy atom. The maximum Gasteiger partial charge on any atom is 0.410 e. The molecule has 7 heteroatoms. The third-order valence-corrected chi connectivity index (χ3v) is 7.92. The van der Waals surface area contributed by atoms with Crippen LogP contribution >= 0.6 is 0 Å². The highest BCUT2D eigenvalue weighted by Crippen LogP contribution is 2.45. The zero-order valence-electron chi connectivity index (χ0n) is 20.3. The summed E-state index contributed by atoms with van der Waals surface area (Å²) in [5.41, 5.74) is 3.93. The summed E-state index contributed by atoms with van der Waals surface area (Å²) in [6, 6.07) is 22.0.